The average molecular weight is 198 g/mol. The Kier molecular flexibility index (Phi) is 7.01. The largest absolute Gasteiger partial charge is 1.00 e. The Hall–Kier alpha value is 0.400. The van der Waals surface area contributed by atoms with Crippen molar-refractivity contribution in [1.82, 2.24) is 0 Å². The second kappa shape index (κ2) is 5.21. The van der Waals surface area contributed by atoms with E-state index in [1.54, 1.807) is 0 Å². The number of hydrogen-bond donors (Lipinski definition) is 1. The third kappa shape index (κ3) is 11.8. The topological polar surface area (TPSA) is 20.2 Å². The predicted molar refractivity (Wildman–Crippen MR) is 34.6 cm³/mol. The van der Waals surface area contributed by atoms with Gasteiger partial charge in [0.25, 0.3) is 0 Å². The van der Waals surface area contributed by atoms with Crippen molar-refractivity contribution in [2.45, 2.75) is 6.42 Å². The van der Waals surface area contributed by atoms with Gasteiger partial charge in [-0.15, -0.1) is 0 Å². The van der Waals surface area contributed by atoms with E-state index in [1.165, 1.54) is 0 Å². The van der Waals surface area contributed by atoms with Crippen molar-refractivity contribution in [2.24, 2.45) is 0 Å². The van der Waals surface area contributed by atoms with Gasteiger partial charge in [-0.2, -0.15) is 0 Å². The summed E-state index contributed by atoms with van der Waals surface area (Å²) in [7, 11) is 6.36. The summed E-state index contributed by atoms with van der Waals surface area (Å²) in [5, 5.41) is 8.42. The molecule has 3 heteroatoms. The molecule has 9 heavy (non-hydrogen) atoms. The molecule has 0 aliphatic heterocycles. The van der Waals surface area contributed by atoms with Crippen molar-refractivity contribution in [1.29, 1.82) is 0 Å². The highest BCUT2D eigenvalue weighted by Gasteiger charge is 2.03. The lowest BCUT2D eigenvalue weighted by atomic mass is 10.4. The van der Waals surface area contributed by atoms with Crippen LogP contribution in [0.2, 0.25) is 0 Å². The van der Waals surface area contributed by atoms with Crippen LogP contribution >= 0.6 is 0 Å². The van der Waals surface area contributed by atoms with E-state index >= 15 is 0 Å². The maximum atomic E-state index is 8.42. The lowest BCUT2D eigenvalue weighted by molar-refractivity contribution is -0.870. The van der Waals surface area contributed by atoms with E-state index in [2.05, 4.69) is 21.1 Å². The molecule has 0 aliphatic carbocycles. The first-order chi connectivity index (χ1) is 3.56. The van der Waals surface area contributed by atoms with E-state index in [0.717, 1.165) is 17.4 Å². The SMILES string of the molecule is C[N+](C)(C)CCCO.[Br-]. The fourth-order valence-corrected chi connectivity index (χ4v) is 0.545. The first-order valence-electron chi connectivity index (χ1n) is 2.97. The summed E-state index contributed by atoms with van der Waals surface area (Å²) >= 11 is 0. The summed E-state index contributed by atoms with van der Waals surface area (Å²) in [5.74, 6) is 0. The molecule has 0 aliphatic rings. The van der Waals surface area contributed by atoms with Crippen LogP contribution in [-0.4, -0.2) is 43.9 Å². The molecule has 0 heterocycles. The van der Waals surface area contributed by atoms with Crippen LogP contribution in [0.3, 0.4) is 0 Å². The first-order valence-corrected chi connectivity index (χ1v) is 2.97. The van der Waals surface area contributed by atoms with Crippen LogP contribution in [0.1, 0.15) is 6.42 Å². The maximum absolute atomic E-state index is 8.42. The van der Waals surface area contributed by atoms with Crippen molar-refractivity contribution in [3.8, 4) is 0 Å². The molecule has 0 unspecified atom stereocenters. The third-order valence-corrected chi connectivity index (χ3v) is 0.987. The molecule has 0 saturated heterocycles. The Labute approximate surface area is 67.8 Å². The van der Waals surface area contributed by atoms with Gasteiger partial charge in [0.2, 0.25) is 0 Å². The van der Waals surface area contributed by atoms with Crippen LogP contribution < -0.4 is 17.0 Å². The number of nitrogens with zero attached hydrogens (tertiary/aromatic N) is 1. The van der Waals surface area contributed by atoms with E-state index in [-0.39, 0.29) is 17.0 Å². The van der Waals surface area contributed by atoms with Gasteiger partial charge in [0.1, 0.15) is 0 Å². The van der Waals surface area contributed by atoms with Gasteiger partial charge in [0.05, 0.1) is 27.7 Å². The van der Waals surface area contributed by atoms with Crippen molar-refractivity contribution >= 4 is 0 Å². The van der Waals surface area contributed by atoms with Gasteiger partial charge in [-0.3, -0.25) is 0 Å². The minimum Gasteiger partial charge on any atom is -1.00 e. The molecule has 0 amide bonds. The van der Waals surface area contributed by atoms with E-state index in [1.807, 2.05) is 0 Å². The fourth-order valence-electron chi connectivity index (χ4n) is 0.545. The van der Waals surface area contributed by atoms with E-state index in [9.17, 15) is 0 Å². The van der Waals surface area contributed by atoms with Gasteiger partial charge in [0.15, 0.2) is 0 Å². The Morgan fingerprint density at radius 1 is 1.22 bits per heavy atom. The monoisotopic (exact) mass is 197 g/mol. The van der Waals surface area contributed by atoms with Crippen molar-refractivity contribution in [3.05, 3.63) is 0 Å². The minimum atomic E-state index is 0. The van der Waals surface area contributed by atoms with Crippen molar-refractivity contribution in [3.63, 3.8) is 0 Å². The Bertz CT molecular complexity index is 60.6. The summed E-state index contributed by atoms with van der Waals surface area (Å²) in [4.78, 5) is 0. The number of hydrogen-bond acceptors (Lipinski definition) is 1. The van der Waals surface area contributed by atoms with Crippen molar-refractivity contribution in [2.75, 3.05) is 34.3 Å². The Morgan fingerprint density at radius 3 is 1.78 bits per heavy atom. The third-order valence-electron chi connectivity index (χ3n) is 0.987. The zero-order chi connectivity index (χ0) is 6.62. The van der Waals surface area contributed by atoms with Gasteiger partial charge in [-0.25, -0.2) is 0 Å². The highest BCUT2D eigenvalue weighted by Crippen LogP contribution is 1.90. The lowest BCUT2D eigenvalue weighted by Crippen LogP contribution is -3.00. The molecular weight excluding hydrogens is 182 g/mol. The van der Waals surface area contributed by atoms with E-state index < -0.39 is 0 Å². The van der Waals surface area contributed by atoms with Crippen molar-refractivity contribution < 1.29 is 26.6 Å². The zero-order valence-electron chi connectivity index (χ0n) is 6.39. The van der Waals surface area contributed by atoms with Gasteiger partial charge < -0.3 is 26.6 Å². The predicted octanol–water partition coefficient (Wildman–Crippen LogP) is -2.92. The van der Waals surface area contributed by atoms with Crippen LogP contribution in [0, 0.1) is 0 Å². The summed E-state index contributed by atoms with van der Waals surface area (Å²) in [6.07, 6.45) is 0.906. The fraction of sp³-hybridized carbons (Fsp3) is 1.00. The summed E-state index contributed by atoms with van der Waals surface area (Å²) in [6.45, 7) is 1.37. The molecule has 0 atom stereocenters. The Morgan fingerprint density at radius 2 is 1.67 bits per heavy atom. The van der Waals surface area contributed by atoms with Crippen LogP contribution in [-0.2, 0) is 0 Å². The molecule has 0 aromatic rings. The molecule has 0 bridgehead atoms. The maximum Gasteiger partial charge on any atom is 0.0802 e. The van der Waals surface area contributed by atoms with E-state index in [4.69, 9.17) is 5.11 Å². The molecule has 0 radical (unpaired) electrons. The Balaban J connectivity index is 0. The number of quaternary nitrogens is 1. The number of aliphatic hydroxyl groups excluding tert-OH is 1. The average Bonchev–Trinajstić information content (AvgIpc) is 1.59. The number of halogens is 1. The second-order valence-corrected chi connectivity index (χ2v) is 3.09. The standard InChI is InChI=1S/C6H16NO.BrH/c1-7(2,3)5-4-6-8;/h8H,4-6H2,1-3H3;1H/q+1;/p-1. The molecule has 0 saturated carbocycles. The molecule has 0 aromatic heterocycles. The number of aliphatic hydroxyl groups is 1. The van der Waals surface area contributed by atoms with Gasteiger partial charge in [-0.05, 0) is 0 Å². The molecule has 0 rings (SSSR count). The summed E-state index contributed by atoms with van der Waals surface area (Å²) < 4.78 is 0.945. The summed E-state index contributed by atoms with van der Waals surface area (Å²) in [6, 6.07) is 0. The molecule has 0 aromatic carbocycles. The quantitative estimate of drug-likeness (QED) is 0.482. The molecule has 0 fully saturated rings. The highest BCUT2D eigenvalue weighted by molar-refractivity contribution is 4.28. The normalized spacial score (nSPS) is 10.7. The molecule has 1 N–H and O–H groups in total. The zero-order valence-corrected chi connectivity index (χ0v) is 7.98. The molecular formula is C6H16BrNO. The van der Waals surface area contributed by atoms with Crippen LogP contribution in [0.5, 0.6) is 0 Å². The van der Waals surface area contributed by atoms with Crippen LogP contribution in [0.15, 0.2) is 0 Å². The minimum absolute atomic E-state index is 0. The first kappa shape index (κ1) is 12.1. The highest BCUT2D eigenvalue weighted by atomic mass is 79.9. The van der Waals surface area contributed by atoms with Gasteiger partial charge >= 0.3 is 0 Å². The number of rotatable bonds is 3. The lowest BCUT2D eigenvalue weighted by Gasteiger charge is -2.22. The summed E-state index contributed by atoms with van der Waals surface area (Å²) in [5.41, 5.74) is 0. The van der Waals surface area contributed by atoms with Gasteiger partial charge in [0, 0.05) is 13.0 Å². The molecule has 2 nitrogen and oxygen atoms in total. The van der Waals surface area contributed by atoms with Crippen LogP contribution in [0.25, 0.3) is 0 Å². The second-order valence-electron chi connectivity index (χ2n) is 3.09. The molecule has 58 valence electrons. The smallest absolute Gasteiger partial charge is 0.0802 e. The molecule has 0 spiro atoms. The van der Waals surface area contributed by atoms with Gasteiger partial charge in [-0.1, -0.05) is 0 Å². The van der Waals surface area contributed by atoms with E-state index in [0.29, 0.717) is 6.61 Å². The van der Waals surface area contributed by atoms with Crippen LogP contribution in [0.4, 0.5) is 0 Å².